The number of alkyl halides is 7. The largest absolute Gasteiger partial charge is 0.445 e. The van der Waals surface area contributed by atoms with Gasteiger partial charge in [0.2, 0.25) is 4.33 Å². The van der Waals surface area contributed by atoms with Crippen molar-refractivity contribution >= 4 is 23.5 Å². The molecule has 0 saturated carbocycles. The second kappa shape index (κ2) is 5.03. The van der Waals surface area contributed by atoms with Gasteiger partial charge in [-0.1, -0.05) is 13.3 Å². The molecule has 0 heterocycles. The maximum Gasteiger partial charge on any atom is 0.445 e. The van der Waals surface area contributed by atoms with Gasteiger partial charge in [-0.3, -0.25) is 0 Å². The Kier molecular flexibility index (Phi) is 5.10. The van der Waals surface area contributed by atoms with Crippen molar-refractivity contribution in [2.45, 2.75) is 35.1 Å². The van der Waals surface area contributed by atoms with Crippen molar-refractivity contribution < 1.29 is 30.7 Å². The monoisotopic (exact) mass is 276 g/mol. The van der Waals surface area contributed by atoms with E-state index in [1.54, 1.807) is 0 Å². The summed E-state index contributed by atoms with van der Waals surface area (Å²) in [6.07, 6.45) is -0.927. The molecule has 0 fully saturated rings. The first-order valence-electron chi connectivity index (χ1n) is 3.70. The average molecular weight is 276 g/mol. The van der Waals surface area contributed by atoms with Crippen LogP contribution in [0, 0.1) is 0 Å². The molecule has 0 spiro atoms. The summed E-state index contributed by atoms with van der Waals surface area (Å²) in [5.41, 5.74) is -10.1. The molecule has 0 aliphatic carbocycles. The van der Waals surface area contributed by atoms with Crippen LogP contribution in [0.25, 0.3) is 0 Å². The predicted molar refractivity (Wildman–Crippen MR) is 46.0 cm³/mol. The summed E-state index contributed by atoms with van der Waals surface area (Å²) in [6, 6.07) is 0. The minimum absolute atomic E-state index is 0.108. The molecule has 0 saturated heterocycles. The second-order valence-corrected chi connectivity index (χ2v) is 5.39. The lowest BCUT2D eigenvalue weighted by Crippen LogP contribution is -2.24. The normalized spacial score (nSPS) is 14.4. The third-order valence-electron chi connectivity index (χ3n) is 1.08. The molecule has 0 amide bonds. The van der Waals surface area contributed by atoms with E-state index in [0.717, 1.165) is 0 Å². The van der Waals surface area contributed by atoms with E-state index in [0.29, 0.717) is 0 Å². The molecular weight excluding hydrogens is 269 g/mol. The van der Waals surface area contributed by atoms with Crippen molar-refractivity contribution in [2.24, 2.45) is 0 Å². The number of thioether (sulfide) groups is 2. The summed E-state index contributed by atoms with van der Waals surface area (Å²) in [7, 11) is 0. The van der Waals surface area contributed by atoms with Gasteiger partial charge in [0.1, 0.15) is 0 Å². The van der Waals surface area contributed by atoms with Crippen LogP contribution >= 0.6 is 23.5 Å². The molecule has 92 valence electrons. The third-order valence-corrected chi connectivity index (χ3v) is 3.07. The van der Waals surface area contributed by atoms with Gasteiger partial charge in [0.05, 0.1) is 0 Å². The maximum absolute atomic E-state index is 13.3. The number of halogens is 7. The Bertz CT molecular complexity index is 181. The fourth-order valence-corrected chi connectivity index (χ4v) is 2.80. The van der Waals surface area contributed by atoms with Crippen molar-refractivity contribution in [2.75, 3.05) is 0 Å². The standard InChI is InChI=1S/C6H7F7S2/c1-2-3-4(7,14-5(8,9)10)15-6(11,12)13/h2-3H2,1H3. The van der Waals surface area contributed by atoms with Crippen LogP contribution in [0.1, 0.15) is 19.8 Å². The Morgan fingerprint density at radius 2 is 1.13 bits per heavy atom. The van der Waals surface area contributed by atoms with Crippen molar-refractivity contribution in [1.29, 1.82) is 0 Å². The predicted octanol–water partition coefficient (Wildman–Crippen LogP) is 4.92. The Morgan fingerprint density at radius 1 is 0.800 bits per heavy atom. The first-order chi connectivity index (χ1) is 6.47. The molecule has 0 atom stereocenters. The molecule has 0 bridgehead atoms. The van der Waals surface area contributed by atoms with Crippen LogP contribution < -0.4 is 0 Å². The first kappa shape index (κ1) is 15.2. The minimum atomic E-state index is -5.03. The highest BCUT2D eigenvalue weighted by molar-refractivity contribution is 8.18. The van der Waals surface area contributed by atoms with Gasteiger partial charge in [0, 0.05) is 29.9 Å². The zero-order valence-electron chi connectivity index (χ0n) is 7.38. The van der Waals surface area contributed by atoms with Gasteiger partial charge in [-0.2, -0.15) is 26.3 Å². The van der Waals surface area contributed by atoms with E-state index in [2.05, 4.69) is 0 Å². The SMILES string of the molecule is CCCC(F)(SC(F)(F)F)SC(F)(F)F. The van der Waals surface area contributed by atoms with Crippen LogP contribution in [0.15, 0.2) is 0 Å². The Morgan fingerprint density at radius 3 is 1.33 bits per heavy atom. The number of hydrogen-bond acceptors (Lipinski definition) is 2. The van der Waals surface area contributed by atoms with Crippen LogP contribution in [0.3, 0.4) is 0 Å². The first-order valence-corrected chi connectivity index (χ1v) is 5.33. The van der Waals surface area contributed by atoms with Crippen LogP contribution in [-0.4, -0.2) is 15.3 Å². The molecule has 0 aromatic heterocycles. The molecule has 0 N–H and O–H groups in total. The van der Waals surface area contributed by atoms with E-state index in [1.807, 2.05) is 0 Å². The lowest BCUT2D eigenvalue weighted by atomic mass is 10.4. The summed E-state index contributed by atoms with van der Waals surface area (Å²) >= 11 is -2.54. The van der Waals surface area contributed by atoms with Gasteiger partial charge >= 0.3 is 11.0 Å². The van der Waals surface area contributed by atoms with Crippen molar-refractivity contribution in [3.05, 3.63) is 0 Å². The fourth-order valence-electron chi connectivity index (χ4n) is 0.767. The maximum atomic E-state index is 13.3. The van der Waals surface area contributed by atoms with Crippen LogP contribution in [0.5, 0.6) is 0 Å². The molecule has 9 heteroatoms. The van der Waals surface area contributed by atoms with Gasteiger partial charge < -0.3 is 0 Å². The van der Waals surface area contributed by atoms with Crippen molar-refractivity contribution in [3.8, 4) is 0 Å². The highest BCUT2D eigenvalue weighted by atomic mass is 32.2. The van der Waals surface area contributed by atoms with E-state index in [-0.39, 0.29) is 6.42 Å². The van der Waals surface area contributed by atoms with Crippen LogP contribution in [0.2, 0.25) is 0 Å². The Balaban J connectivity index is 4.59. The fraction of sp³-hybridized carbons (Fsp3) is 1.00. The lowest BCUT2D eigenvalue weighted by molar-refractivity contribution is -0.0383. The minimum Gasteiger partial charge on any atom is -0.219 e. The summed E-state index contributed by atoms with van der Waals surface area (Å²) in [4.78, 5) is 0. The third kappa shape index (κ3) is 8.06. The molecule has 0 aromatic rings. The quantitative estimate of drug-likeness (QED) is 0.528. The zero-order valence-corrected chi connectivity index (χ0v) is 9.01. The van der Waals surface area contributed by atoms with E-state index in [4.69, 9.17) is 0 Å². The van der Waals surface area contributed by atoms with Gasteiger partial charge in [-0.25, -0.2) is 4.39 Å². The average Bonchev–Trinajstić information content (AvgIpc) is 1.74. The lowest BCUT2D eigenvalue weighted by Gasteiger charge is -2.25. The van der Waals surface area contributed by atoms with Gasteiger partial charge in [0.15, 0.2) is 0 Å². The number of rotatable bonds is 4. The van der Waals surface area contributed by atoms with E-state index < -0.39 is 45.3 Å². The van der Waals surface area contributed by atoms with E-state index in [9.17, 15) is 30.7 Å². The zero-order chi connectivity index (χ0) is 12.3. The molecule has 0 nitrogen and oxygen atoms in total. The van der Waals surface area contributed by atoms with Crippen molar-refractivity contribution in [1.82, 2.24) is 0 Å². The Labute approximate surface area is 90.0 Å². The molecule has 15 heavy (non-hydrogen) atoms. The van der Waals surface area contributed by atoms with Gasteiger partial charge in [-0.15, -0.1) is 0 Å². The summed E-state index contributed by atoms with van der Waals surface area (Å²) in [6.45, 7) is 1.31. The Hall–Kier alpha value is 0.210. The molecule has 0 rings (SSSR count). The molecule has 0 radical (unpaired) electrons. The van der Waals surface area contributed by atoms with Gasteiger partial charge in [-0.05, 0) is 0 Å². The molecule has 0 aliphatic heterocycles. The number of hydrogen-bond donors (Lipinski definition) is 0. The highest BCUT2D eigenvalue weighted by Gasteiger charge is 2.50. The van der Waals surface area contributed by atoms with Crippen LogP contribution in [0.4, 0.5) is 30.7 Å². The molecular formula is C6H7F7S2. The molecule has 0 aliphatic rings. The molecule has 0 aromatic carbocycles. The van der Waals surface area contributed by atoms with Gasteiger partial charge in [0.25, 0.3) is 0 Å². The topological polar surface area (TPSA) is 0 Å². The smallest absolute Gasteiger partial charge is 0.219 e. The van der Waals surface area contributed by atoms with Crippen LogP contribution in [-0.2, 0) is 0 Å². The van der Waals surface area contributed by atoms with E-state index >= 15 is 0 Å². The molecule has 0 unspecified atom stereocenters. The van der Waals surface area contributed by atoms with Crippen molar-refractivity contribution in [3.63, 3.8) is 0 Å². The summed E-state index contributed by atoms with van der Waals surface area (Å²) < 4.78 is 80.6. The summed E-state index contributed by atoms with van der Waals surface area (Å²) in [5, 5.41) is 0. The summed E-state index contributed by atoms with van der Waals surface area (Å²) in [5.74, 6) is 0. The second-order valence-electron chi connectivity index (χ2n) is 2.51. The highest BCUT2D eigenvalue weighted by Crippen LogP contribution is 2.55. The van der Waals surface area contributed by atoms with E-state index in [1.165, 1.54) is 6.92 Å².